The van der Waals surface area contributed by atoms with Crippen LogP contribution in [0, 0.1) is 0 Å². The summed E-state index contributed by atoms with van der Waals surface area (Å²) in [4.78, 5) is 0. The maximum atomic E-state index is 9.70. The zero-order chi connectivity index (χ0) is 13.8. The summed E-state index contributed by atoms with van der Waals surface area (Å²) in [6.07, 6.45) is -0.601. The van der Waals surface area contributed by atoms with E-state index in [9.17, 15) is 5.11 Å². The average molecular weight is 259 g/mol. The van der Waals surface area contributed by atoms with Crippen molar-refractivity contribution in [2.45, 2.75) is 13.0 Å². The minimum Gasteiger partial charge on any atom is -0.497 e. The topological polar surface area (TPSA) is 64.7 Å². The maximum absolute atomic E-state index is 9.70. The molecule has 19 heavy (non-hydrogen) atoms. The molecule has 0 aliphatic carbocycles. The molecule has 0 fully saturated rings. The van der Waals surface area contributed by atoms with Crippen molar-refractivity contribution in [1.29, 1.82) is 0 Å². The summed E-state index contributed by atoms with van der Waals surface area (Å²) in [5.41, 5.74) is 7.11. The molecular formula is C15H17NO3. The highest BCUT2D eigenvalue weighted by atomic mass is 16.5. The van der Waals surface area contributed by atoms with Gasteiger partial charge in [0, 0.05) is 11.6 Å². The van der Waals surface area contributed by atoms with Gasteiger partial charge in [0.25, 0.3) is 0 Å². The minimum absolute atomic E-state index is 0.486. The summed E-state index contributed by atoms with van der Waals surface area (Å²) in [5, 5.41) is 9.70. The van der Waals surface area contributed by atoms with Gasteiger partial charge in [-0.15, -0.1) is 0 Å². The van der Waals surface area contributed by atoms with Gasteiger partial charge in [0.1, 0.15) is 11.5 Å². The second kappa shape index (κ2) is 5.63. The van der Waals surface area contributed by atoms with E-state index in [1.54, 1.807) is 38.3 Å². The molecule has 2 rings (SSSR count). The third-order valence-electron chi connectivity index (χ3n) is 2.81. The molecule has 4 heteroatoms. The molecule has 0 aliphatic rings. The van der Waals surface area contributed by atoms with Crippen LogP contribution in [0.25, 0.3) is 0 Å². The Balaban J connectivity index is 2.31. The number of aliphatic hydroxyl groups is 1. The molecule has 4 nitrogen and oxygen atoms in total. The molecule has 2 aromatic rings. The zero-order valence-corrected chi connectivity index (χ0v) is 11.0. The van der Waals surface area contributed by atoms with Crippen LogP contribution in [0.4, 0.5) is 5.69 Å². The number of ether oxygens (including phenoxy) is 2. The van der Waals surface area contributed by atoms with Crippen LogP contribution in [0.15, 0.2) is 42.5 Å². The van der Waals surface area contributed by atoms with E-state index in [1.165, 1.54) is 0 Å². The van der Waals surface area contributed by atoms with Gasteiger partial charge in [-0.25, -0.2) is 0 Å². The third kappa shape index (κ3) is 2.98. The Morgan fingerprint density at radius 2 is 1.84 bits per heavy atom. The second-order valence-corrected chi connectivity index (χ2v) is 4.22. The molecule has 0 spiro atoms. The number of hydrogen-bond donors (Lipinski definition) is 2. The van der Waals surface area contributed by atoms with Gasteiger partial charge in [0.15, 0.2) is 5.75 Å². The fraction of sp³-hybridized carbons (Fsp3) is 0.200. The van der Waals surface area contributed by atoms with E-state index < -0.39 is 6.10 Å². The fourth-order valence-electron chi connectivity index (χ4n) is 1.78. The van der Waals surface area contributed by atoms with Crippen molar-refractivity contribution >= 4 is 5.69 Å². The smallest absolute Gasteiger partial charge is 0.150 e. The number of benzene rings is 2. The second-order valence-electron chi connectivity index (χ2n) is 4.22. The lowest BCUT2D eigenvalue weighted by atomic mass is 10.1. The summed E-state index contributed by atoms with van der Waals surface area (Å²) < 4.78 is 10.8. The van der Waals surface area contributed by atoms with E-state index in [1.807, 2.05) is 18.2 Å². The van der Waals surface area contributed by atoms with Gasteiger partial charge in [-0.1, -0.05) is 18.2 Å². The van der Waals surface area contributed by atoms with Gasteiger partial charge in [-0.3, -0.25) is 0 Å². The minimum atomic E-state index is -0.601. The maximum Gasteiger partial charge on any atom is 0.150 e. The summed E-state index contributed by atoms with van der Waals surface area (Å²) in [6.45, 7) is 1.69. The molecule has 0 amide bonds. The predicted octanol–water partition coefficient (Wildman–Crippen LogP) is 3.12. The lowest BCUT2D eigenvalue weighted by Crippen LogP contribution is -1.98. The van der Waals surface area contributed by atoms with Gasteiger partial charge in [-0.05, 0) is 25.1 Å². The Hall–Kier alpha value is -2.20. The van der Waals surface area contributed by atoms with Crippen LogP contribution in [-0.2, 0) is 0 Å². The Kier molecular flexibility index (Phi) is 3.92. The number of nitrogen functional groups attached to an aromatic ring is 1. The first-order valence-corrected chi connectivity index (χ1v) is 6.00. The zero-order valence-electron chi connectivity index (χ0n) is 11.0. The summed E-state index contributed by atoms with van der Waals surface area (Å²) in [7, 11) is 1.58. The summed E-state index contributed by atoms with van der Waals surface area (Å²) in [6, 6.07) is 12.5. The summed E-state index contributed by atoms with van der Waals surface area (Å²) in [5.74, 6) is 1.80. The molecule has 0 heterocycles. The lowest BCUT2D eigenvalue weighted by Gasteiger charge is -2.14. The van der Waals surface area contributed by atoms with Crippen molar-refractivity contribution in [3.05, 3.63) is 48.0 Å². The van der Waals surface area contributed by atoms with E-state index >= 15 is 0 Å². The number of hydrogen-bond acceptors (Lipinski definition) is 4. The summed E-state index contributed by atoms with van der Waals surface area (Å²) >= 11 is 0. The highest BCUT2D eigenvalue weighted by molar-refractivity contribution is 5.57. The molecule has 2 aromatic carbocycles. The molecule has 0 aliphatic heterocycles. The standard InChI is InChI=1S/C15H17NO3/c1-10(17)12-5-3-4-6-14(12)19-15-8-7-11(18-2)9-13(15)16/h3-10,17H,16H2,1-2H3. The van der Waals surface area contributed by atoms with Gasteiger partial charge >= 0.3 is 0 Å². The molecule has 100 valence electrons. The third-order valence-corrected chi connectivity index (χ3v) is 2.81. The molecule has 0 saturated heterocycles. The SMILES string of the molecule is COc1ccc(Oc2ccccc2C(C)O)c(N)c1. The van der Waals surface area contributed by atoms with E-state index in [-0.39, 0.29) is 0 Å². The van der Waals surface area contributed by atoms with E-state index in [0.717, 1.165) is 5.56 Å². The first kappa shape index (κ1) is 13.2. The van der Waals surface area contributed by atoms with Gasteiger partial charge < -0.3 is 20.3 Å². The van der Waals surface area contributed by atoms with Crippen molar-refractivity contribution in [3.8, 4) is 17.2 Å². The van der Waals surface area contributed by atoms with E-state index in [4.69, 9.17) is 15.2 Å². The molecule has 0 aromatic heterocycles. The van der Waals surface area contributed by atoms with Crippen LogP contribution >= 0.6 is 0 Å². The van der Waals surface area contributed by atoms with E-state index in [0.29, 0.717) is 22.9 Å². The largest absolute Gasteiger partial charge is 0.497 e. The predicted molar refractivity (Wildman–Crippen MR) is 74.6 cm³/mol. The molecule has 3 N–H and O–H groups in total. The number of para-hydroxylation sites is 1. The monoisotopic (exact) mass is 259 g/mol. The molecule has 0 radical (unpaired) electrons. The van der Waals surface area contributed by atoms with Crippen molar-refractivity contribution in [2.75, 3.05) is 12.8 Å². The van der Waals surface area contributed by atoms with Gasteiger partial charge in [0.2, 0.25) is 0 Å². The van der Waals surface area contributed by atoms with Crippen LogP contribution in [0.3, 0.4) is 0 Å². The van der Waals surface area contributed by atoms with Gasteiger partial charge in [-0.2, -0.15) is 0 Å². The lowest BCUT2D eigenvalue weighted by molar-refractivity contribution is 0.195. The van der Waals surface area contributed by atoms with Crippen LogP contribution in [0.1, 0.15) is 18.6 Å². The van der Waals surface area contributed by atoms with Crippen LogP contribution in [-0.4, -0.2) is 12.2 Å². The van der Waals surface area contributed by atoms with Crippen LogP contribution in [0.2, 0.25) is 0 Å². The Bertz CT molecular complexity index is 567. The van der Waals surface area contributed by atoms with Crippen LogP contribution < -0.4 is 15.2 Å². The number of methoxy groups -OCH3 is 1. The van der Waals surface area contributed by atoms with Crippen molar-refractivity contribution in [3.63, 3.8) is 0 Å². The molecule has 0 saturated carbocycles. The quantitative estimate of drug-likeness (QED) is 0.828. The van der Waals surface area contributed by atoms with Crippen LogP contribution in [0.5, 0.6) is 17.2 Å². The average Bonchev–Trinajstić information content (AvgIpc) is 2.41. The van der Waals surface area contributed by atoms with E-state index in [2.05, 4.69) is 0 Å². The van der Waals surface area contributed by atoms with Crippen molar-refractivity contribution < 1.29 is 14.6 Å². The Morgan fingerprint density at radius 3 is 2.47 bits per heavy atom. The number of rotatable bonds is 4. The molecular weight excluding hydrogens is 242 g/mol. The number of anilines is 1. The highest BCUT2D eigenvalue weighted by Crippen LogP contribution is 2.34. The number of nitrogens with two attached hydrogens (primary N) is 1. The van der Waals surface area contributed by atoms with Gasteiger partial charge in [0.05, 0.1) is 18.9 Å². The molecule has 1 atom stereocenters. The first-order chi connectivity index (χ1) is 9.11. The fourth-order valence-corrected chi connectivity index (χ4v) is 1.78. The molecule has 1 unspecified atom stereocenters. The highest BCUT2D eigenvalue weighted by Gasteiger charge is 2.10. The first-order valence-electron chi connectivity index (χ1n) is 6.00. The number of aliphatic hydroxyl groups excluding tert-OH is 1. The Labute approximate surface area is 112 Å². The normalized spacial score (nSPS) is 11.9. The van der Waals surface area contributed by atoms with Crippen molar-refractivity contribution in [1.82, 2.24) is 0 Å². The Morgan fingerprint density at radius 1 is 1.11 bits per heavy atom. The molecule has 0 bridgehead atoms. The van der Waals surface area contributed by atoms with Crippen molar-refractivity contribution in [2.24, 2.45) is 0 Å².